The number of fused-ring (bicyclic) bond motifs is 3. The van der Waals surface area contributed by atoms with Gasteiger partial charge in [0.25, 0.3) is 0 Å². The third-order valence-corrected chi connectivity index (χ3v) is 4.38. The van der Waals surface area contributed by atoms with Gasteiger partial charge in [-0.25, -0.2) is 9.48 Å². The van der Waals surface area contributed by atoms with Crippen molar-refractivity contribution >= 4 is 27.7 Å². The largest absolute Gasteiger partial charge is 0.459 e. The number of carbonyl (C=O) groups is 1. The lowest BCUT2D eigenvalue weighted by atomic mass is 10.0. The predicted molar refractivity (Wildman–Crippen MR) is 100 cm³/mol. The van der Waals surface area contributed by atoms with Crippen molar-refractivity contribution < 1.29 is 19.1 Å². The van der Waals surface area contributed by atoms with Crippen LogP contribution in [0.2, 0.25) is 0 Å². The number of rotatable bonds is 5. The molecular weight excluding hydrogens is 362 g/mol. The second kappa shape index (κ2) is 7.24. The van der Waals surface area contributed by atoms with Gasteiger partial charge in [0.1, 0.15) is 24.4 Å². The van der Waals surface area contributed by atoms with E-state index in [0.717, 1.165) is 16.2 Å². The number of aromatic nitrogens is 3. The molecule has 0 spiro atoms. The first-order valence-electron chi connectivity index (χ1n) is 8.69. The van der Waals surface area contributed by atoms with Crippen molar-refractivity contribution in [2.45, 2.75) is 26.2 Å². The molecule has 1 N–H and O–H groups in total. The highest BCUT2D eigenvalue weighted by Gasteiger charge is 2.13. The molecule has 0 saturated carbocycles. The molecule has 0 radical (unpaired) electrons. The molecule has 0 aliphatic rings. The Labute approximate surface area is 159 Å². The lowest BCUT2D eigenvalue weighted by molar-refractivity contribution is -0.145. The van der Waals surface area contributed by atoms with Crippen molar-refractivity contribution in [1.29, 1.82) is 0 Å². The Balaban J connectivity index is 1.59. The van der Waals surface area contributed by atoms with Crippen LogP contribution in [0.1, 0.15) is 24.3 Å². The molecule has 0 saturated heterocycles. The molecule has 8 nitrogen and oxygen atoms in total. The molecular formula is C20H17N3O5. The average molecular weight is 379 g/mol. The van der Waals surface area contributed by atoms with Crippen LogP contribution in [0.25, 0.3) is 21.7 Å². The molecule has 2 heterocycles. The zero-order chi connectivity index (χ0) is 19.7. The molecule has 1 atom stereocenters. The van der Waals surface area contributed by atoms with Crippen molar-refractivity contribution in [2.75, 3.05) is 0 Å². The molecule has 8 heteroatoms. The van der Waals surface area contributed by atoms with Gasteiger partial charge < -0.3 is 14.3 Å². The first kappa shape index (κ1) is 17.9. The van der Waals surface area contributed by atoms with Crippen LogP contribution in [0, 0.1) is 0 Å². The Hall–Kier alpha value is -3.52. The van der Waals surface area contributed by atoms with E-state index in [0.29, 0.717) is 16.8 Å². The highest BCUT2D eigenvalue weighted by atomic mass is 16.5. The number of hydrogen-bond acceptors (Lipinski definition) is 7. The van der Waals surface area contributed by atoms with Gasteiger partial charge in [-0.15, -0.1) is 5.10 Å². The molecule has 2 aromatic carbocycles. The van der Waals surface area contributed by atoms with Gasteiger partial charge in [-0.05, 0) is 23.8 Å². The third-order valence-electron chi connectivity index (χ3n) is 4.38. The minimum Gasteiger partial charge on any atom is -0.459 e. The number of aliphatic hydroxyl groups is 1. The summed E-state index contributed by atoms with van der Waals surface area (Å²) in [7, 11) is 0. The van der Waals surface area contributed by atoms with Crippen molar-refractivity contribution in [3.05, 3.63) is 70.3 Å². The monoisotopic (exact) mass is 379 g/mol. The molecule has 4 rings (SSSR count). The second-order valence-corrected chi connectivity index (χ2v) is 6.43. The standard InChI is InChI=1S/C20H17N3O5/c1-12(24)16-9-23(22-21-16)10-19(26)27-11-14-8-18(25)28-17-7-6-13-4-2-3-5-15(13)20(14)17/h2-9,12,24H,10-11H2,1H3. The highest BCUT2D eigenvalue weighted by molar-refractivity contribution is 6.07. The SMILES string of the molecule is CC(O)c1cn(CC(=O)OCc2cc(=O)oc3ccc4ccccc4c23)nn1. The van der Waals surface area contributed by atoms with E-state index in [1.807, 2.05) is 30.3 Å². The molecule has 4 aromatic rings. The summed E-state index contributed by atoms with van der Waals surface area (Å²) in [5.41, 5.74) is 0.868. The highest BCUT2D eigenvalue weighted by Crippen LogP contribution is 2.27. The first-order chi connectivity index (χ1) is 13.5. The summed E-state index contributed by atoms with van der Waals surface area (Å²) in [5, 5.41) is 19.7. The van der Waals surface area contributed by atoms with E-state index in [9.17, 15) is 14.7 Å². The number of hydrogen-bond donors (Lipinski definition) is 1. The van der Waals surface area contributed by atoms with Gasteiger partial charge in [-0.1, -0.05) is 35.5 Å². The van der Waals surface area contributed by atoms with Crippen molar-refractivity contribution in [3.8, 4) is 0 Å². The summed E-state index contributed by atoms with van der Waals surface area (Å²) < 4.78 is 11.9. The lowest BCUT2D eigenvalue weighted by Crippen LogP contribution is -2.14. The molecule has 0 fully saturated rings. The minimum atomic E-state index is -0.770. The quantitative estimate of drug-likeness (QED) is 0.322. The van der Waals surface area contributed by atoms with Crippen LogP contribution in [-0.2, 0) is 22.7 Å². The van der Waals surface area contributed by atoms with Gasteiger partial charge >= 0.3 is 11.6 Å². The van der Waals surface area contributed by atoms with Crippen molar-refractivity contribution in [2.24, 2.45) is 0 Å². The number of nitrogens with zero attached hydrogens (tertiary/aromatic N) is 3. The van der Waals surface area contributed by atoms with Gasteiger partial charge in [-0.3, -0.25) is 4.79 Å². The fourth-order valence-corrected chi connectivity index (χ4v) is 3.05. The third kappa shape index (κ3) is 3.49. The van der Waals surface area contributed by atoms with E-state index in [1.54, 1.807) is 13.0 Å². The molecule has 0 bridgehead atoms. The Kier molecular flexibility index (Phi) is 4.62. The normalized spacial score (nSPS) is 12.4. The number of carbonyl (C=O) groups excluding carboxylic acids is 1. The van der Waals surface area contributed by atoms with Crippen molar-refractivity contribution in [1.82, 2.24) is 15.0 Å². The fraction of sp³-hybridized carbons (Fsp3) is 0.200. The zero-order valence-electron chi connectivity index (χ0n) is 15.0. The topological polar surface area (TPSA) is 107 Å². The molecule has 2 aromatic heterocycles. The van der Waals surface area contributed by atoms with Crippen molar-refractivity contribution in [3.63, 3.8) is 0 Å². The fourth-order valence-electron chi connectivity index (χ4n) is 3.05. The van der Waals surface area contributed by atoms with Gasteiger partial charge in [-0.2, -0.15) is 0 Å². The molecule has 142 valence electrons. The molecule has 28 heavy (non-hydrogen) atoms. The van der Waals surface area contributed by atoms with Crippen LogP contribution in [0.15, 0.2) is 57.9 Å². The van der Waals surface area contributed by atoms with Gasteiger partial charge in [0.2, 0.25) is 0 Å². The summed E-state index contributed by atoms with van der Waals surface area (Å²) in [4.78, 5) is 24.1. The van der Waals surface area contributed by atoms with E-state index < -0.39 is 17.7 Å². The summed E-state index contributed by atoms with van der Waals surface area (Å²) >= 11 is 0. The maximum Gasteiger partial charge on any atom is 0.336 e. The molecule has 1 unspecified atom stereocenters. The molecule has 0 aliphatic carbocycles. The Bertz CT molecular complexity index is 1230. The summed E-state index contributed by atoms with van der Waals surface area (Å²) in [6.45, 7) is 1.33. The maximum absolute atomic E-state index is 12.2. The van der Waals surface area contributed by atoms with Gasteiger partial charge in [0.15, 0.2) is 0 Å². The first-order valence-corrected chi connectivity index (χ1v) is 8.69. The van der Waals surface area contributed by atoms with Crippen LogP contribution in [0.3, 0.4) is 0 Å². The van der Waals surface area contributed by atoms with E-state index in [4.69, 9.17) is 9.15 Å². The number of esters is 1. The Morgan fingerprint density at radius 2 is 2.11 bits per heavy atom. The van der Waals surface area contributed by atoms with E-state index in [1.165, 1.54) is 16.9 Å². The number of aliphatic hydroxyl groups excluding tert-OH is 1. The summed E-state index contributed by atoms with van der Waals surface area (Å²) in [6.07, 6.45) is 0.708. The summed E-state index contributed by atoms with van der Waals surface area (Å²) in [6, 6.07) is 12.6. The Morgan fingerprint density at radius 1 is 1.29 bits per heavy atom. The van der Waals surface area contributed by atoms with Gasteiger partial charge in [0, 0.05) is 17.0 Å². The van der Waals surface area contributed by atoms with E-state index in [2.05, 4.69) is 10.3 Å². The predicted octanol–water partition coefficient (Wildman–Crippen LogP) is 2.33. The van der Waals surface area contributed by atoms with Gasteiger partial charge in [0.05, 0.1) is 12.3 Å². The molecule has 0 aliphatic heterocycles. The average Bonchev–Trinajstić information content (AvgIpc) is 3.14. The molecule has 0 amide bonds. The van der Waals surface area contributed by atoms with Crippen LogP contribution >= 0.6 is 0 Å². The Morgan fingerprint density at radius 3 is 2.89 bits per heavy atom. The van der Waals surface area contributed by atoms with Crippen LogP contribution in [0.5, 0.6) is 0 Å². The van der Waals surface area contributed by atoms with Crippen LogP contribution in [0.4, 0.5) is 0 Å². The minimum absolute atomic E-state index is 0.0765. The zero-order valence-corrected chi connectivity index (χ0v) is 15.0. The smallest absolute Gasteiger partial charge is 0.336 e. The second-order valence-electron chi connectivity index (χ2n) is 6.43. The lowest BCUT2D eigenvalue weighted by Gasteiger charge is -2.09. The van der Waals surface area contributed by atoms with Crippen LogP contribution in [-0.4, -0.2) is 26.1 Å². The van der Waals surface area contributed by atoms with E-state index >= 15 is 0 Å². The summed E-state index contributed by atoms with van der Waals surface area (Å²) in [5.74, 6) is -0.538. The number of benzene rings is 2. The van der Waals surface area contributed by atoms with E-state index in [-0.39, 0.29) is 13.2 Å². The van der Waals surface area contributed by atoms with Crippen LogP contribution < -0.4 is 5.63 Å². The number of ether oxygens (including phenoxy) is 1. The maximum atomic E-state index is 12.2.